The van der Waals surface area contributed by atoms with E-state index in [9.17, 15) is 0 Å². The number of hydrogen-bond donors (Lipinski definition) is 0. The molecule has 2 rings (SSSR count). The van der Waals surface area contributed by atoms with Crippen molar-refractivity contribution in [2.75, 3.05) is 0 Å². The minimum absolute atomic E-state index is 0.426. The van der Waals surface area contributed by atoms with Crippen LogP contribution < -0.4 is 0 Å². The molecule has 0 atom stereocenters. The van der Waals surface area contributed by atoms with Gasteiger partial charge in [-0.3, -0.25) is 0 Å². The Hall–Kier alpha value is -0.280. The fraction of sp³-hybridized carbons (Fsp3) is 0.100. The Morgan fingerprint density at radius 1 is 1.27 bits per heavy atom. The molecule has 1 heterocycles. The summed E-state index contributed by atoms with van der Waals surface area (Å²) in [6, 6.07) is 5.41. The number of rotatable bonds is 2. The third kappa shape index (κ3) is 2.45. The Morgan fingerprint density at radius 3 is 2.67 bits per heavy atom. The monoisotopic (exact) mass is 277 g/mol. The Bertz CT molecular complexity index is 481. The van der Waals surface area contributed by atoms with Crippen molar-refractivity contribution in [2.24, 2.45) is 0 Å². The molecule has 0 unspecified atom stereocenters. The first-order valence-electron chi connectivity index (χ1n) is 4.17. The molecular weight excluding hydrogens is 273 g/mol. The van der Waals surface area contributed by atoms with E-state index in [1.165, 1.54) is 11.3 Å². The van der Waals surface area contributed by atoms with Crippen molar-refractivity contribution in [3.05, 3.63) is 39.4 Å². The van der Waals surface area contributed by atoms with Gasteiger partial charge in [0.15, 0.2) is 0 Å². The predicted octanol–water partition coefficient (Wildman–Crippen LogP) is 4.86. The number of benzene rings is 1. The van der Waals surface area contributed by atoms with Crippen LogP contribution in [0.15, 0.2) is 24.4 Å². The number of nitrogens with zero attached hydrogens (tertiary/aromatic N) is 1. The molecule has 15 heavy (non-hydrogen) atoms. The molecule has 0 spiro atoms. The van der Waals surface area contributed by atoms with Gasteiger partial charge < -0.3 is 0 Å². The standard InChI is InChI=1S/C10H6Cl3NS/c11-4-10-14-5-9(15-10)7-2-1-6(12)3-8(7)13/h1-3,5H,4H2. The van der Waals surface area contributed by atoms with E-state index in [2.05, 4.69) is 4.98 Å². The van der Waals surface area contributed by atoms with Gasteiger partial charge in [0, 0.05) is 16.8 Å². The molecule has 0 bridgehead atoms. The summed E-state index contributed by atoms with van der Waals surface area (Å²) in [4.78, 5) is 5.18. The second kappa shape index (κ2) is 4.71. The molecule has 1 nitrogen and oxygen atoms in total. The number of hydrogen-bond acceptors (Lipinski definition) is 2. The summed E-state index contributed by atoms with van der Waals surface area (Å²) in [6.07, 6.45) is 1.78. The summed E-state index contributed by atoms with van der Waals surface area (Å²) >= 11 is 19.1. The maximum atomic E-state index is 6.08. The molecule has 1 aromatic heterocycles. The topological polar surface area (TPSA) is 12.9 Å². The van der Waals surface area contributed by atoms with Gasteiger partial charge in [0.05, 0.1) is 15.8 Å². The van der Waals surface area contributed by atoms with E-state index in [0.717, 1.165) is 15.4 Å². The average molecular weight is 279 g/mol. The van der Waals surface area contributed by atoms with Crippen molar-refractivity contribution in [1.29, 1.82) is 0 Å². The van der Waals surface area contributed by atoms with Gasteiger partial charge >= 0.3 is 0 Å². The van der Waals surface area contributed by atoms with Crippen LogP contribution in [0.4, 0.5) is 0 Å². The van der Waals surface area contributed by atoms with Gasteiger partial charge in [-0.2, -0.15) is 0 Å². The van der Waals surface area contributed by atoms with Crippen LogP contribution in [0.5, 0.6) is 0 Å². The van der Waals surface area contributed by atoms with Crippen LogP contribution in [0.2, 0.25) is 10.0 Å². The molecule has 0 amide bonds. The summed E-state index contributed by atoms with van der Waals surface area (Å²) in [6.45, 7) is 0. The van der Waals surface area contributed by atoms with Crippen molar-refractivity contribution in [3.63, 3.8) is 0 Å². The number of halogens is 3. The molecular formula is C10H6Cl3NS. The van der Waals surface area contributed by atoms with Crippen LogP contribution in [0, 0.1) is 0 Å². The molecule has 0 aliphatic rings. The van der Waals surface area contributed by atoms with Crippen LogP contribution in [0.25, 0.3) is 10.4 Å². The van der Waals surface area contributed by atoms with E-state index in [-0.39, 0.29) is 0 Å². The molecule has 2 aromatic rings. The van der Waals surface area contributed by atoms with Crippen LogP contribution >= 0.6 is 46.1 Å². The lowest BCUT2D eigenvalue weighted by atomic mass is 10.2. The highest BCUT2D eigenvalue weighted by Crippen LogP contribution is 2.33. The zero-order chi connectivity index (χ0) is 10.8. The highest BCUT2D eigenvalue weighted by molar-refractivity contribution is 7.15. The molecule has 0 N–H and O–H groups in total. The van der Waals surface area contributed by atoms with Crippen LogP contribution in [0.1, 0.15) is 5.01 Å². The summed E-state index contributed by atoms with van der Waals surface area (Å²) in [5.41, 5.74) is 0.940. The quantitative estimate of drug-likeness (QED) is 0.715. The van der Waals surface area contributed by atoms with Crippen LogP contribution in [-0.2, 0) is 5.88 Å². The van der Waals surface area contributed by atoms with Gasteiger partial charge in [0.1, 0.15) is 5.01 Å². The maximum Gasteiger partial charge on any atom is 0.108 e. The fourth-order valence-corrected chi connectivity index (χ4v) is 2.79. The van der Waals surface area contributed by atoms with Crippen LogP contribution in [0.3, 0.4) is 0 Å². The number of thiazole rings is 1. The summed E-state index contributed by atoms with van der Waals surface area (Å²) < 4.78 is 0. The van der Waals surface area contributed by atoms with Crippen molar-refractivity contribution >= 4 is 46.1 Å². The predicted molar refractivity (Wildman–Crippen MR) is 67.1 cm³/mol. The van der Waals surface area contributed by atoms with Crippen molar-refractivity contribution in [1.82, 2.24) is 4.98 Å². The van der Waals surface area contributed by atoms with Gasteiger partial charge in [-0.15, -0.1) is 22.9 Å². The molecule has 78 valence electrons. The number of alkyl halides is 1. The van der Waals surface area contributed by atoms with E-state index in [1.807, 2.05) is 12.1 Å². The normalized spacial score (nSPS) is 10.6. The van der Waals surface area contributed by atoms with Crippen LogP contribution in [-0.4, -0.2) is 4.98 Å². The fourth-order valence-electron chi connectivity index (χ4n) is 1.19. The molecule has 0 fully saturated rings. The van der Waals surface area contributed by atoms with Gasteiger partial charge in [0.25, 0.3) is 0 Å². The summed E-state index contributed by atoms with van der Waals surface area (Å²) in [5.74, 6) is 0.426. The molecule has 0 saturated carbocycles. The molecule has 0 aliphatic carbocycles. The minimum Gasteiger partial charge on any atom is -0.248 e. The average Bonchev–Trinajstić information content (AvgIpc) is 2.66. The van der Waals surface area contributed by atoms with Crippen molar-refractivity contribution in [3.8, 4) is 10.4 Å². The Balaban J connectivity index is 2.44. The van der Waals surface area contributed by atoms with Gasteiger partial charge in [0.2, 0.25) is 0 Å². The highest BCUT2D eigenvalue weighted by atomic mass is 35.5. The summed E-state index contributed by atoms with van der Waals surface area (Å²) in [7, 11) is 0. The highest BCUT2D eigenvalue weighted by Gasteiger charge is 2.07. The van der Waals surface area contributed by atoms with Gasteiger partial charge in [-0.1, -0.05) is 29.3 Å². The van der Waals surface area contributed by atoms with E-state index in [0.29, 0.717) is 15.9 Å². The van der Waals surface area contributed by atoms with Crippen molar-refractivity contribution < 1.29 is 0 Å². The zero-order valence-electron chi connectivity index (χ0n) is 7.51. The van der Waals surface area contributed by atoms with E-state index in [1.54, 1.807) is 12.3 Å². The smallest absolute Gasteiger partial charge is 0.108 e. The van der Waals surface area contributed by atoms with E-state index in [4.69, 9.17) is 34.8 Å². The molecule has 0 saturated heterocycles. The Morgan fingerprint density at radius 2 is 2.07 bits per heavy atom. The van der Waals surface area contributed by atoms with E-state index < -0.39 is 0 Å². The minimum atomic E-state index is 0.426. The molecule has 5 heteroatoms. The van der Waals surface area contributed by atoms with Gasteiger partial charge in [-0.25, -0.2) is 4.98 Å². The Labute approximate surface area is 107 Å². The largest absolute Gasteiger partial charge is 0.248 e. The SMILES string of the molecule is ClCc1ncc(-c2ccc(Cl)cc2Cl)s1. The number of aromatic nitrogens is 1. The summed E-state index contributed by atoms with van der Waals surface area (Å²) in [5, 5.41) is 2.15. The lowest BCUT2D eigenvalue weighted by molar-refractivity contribution is 1.26. The second-order valence-corrected chi connectivity index (χ2v) is 5.10. The lowest BCUT2D eigenvalue weighted by Crippen LogP contribution is -1.74. The second-order valence-electron chi connectivity index (χ2n) is 2.88. The molecule has 0 radical (unpaired) electrons. The molecule has 1 aromatic carbocycles. The Kier molecular flexibility index (Phi) is 3.52. The third-order valence-corrected chi connectivity index (χ3v) is 3.85. The maximum absolute atomic E-state index is 6.08. The first kappa shape index (κ1) is 11.2. The van der Waals surface area contributed by atoms with E-state index >= 15 is 0 Å². The first-order valence-corrected chi connectivity index (χ1v) is 6.27. The third-order valence-electron chi connectivity index (χ3n) is 1.86. The van der Waals surface area contributed by atoms with Gasteiger partial charge in [-0.05, 0) is 12.1 Å². The lowest BCUT2D eigenvalue weighted by Gasteiger charge is -2.00. The first-order chi connectivity index (χ1) is 7.20. The molecule has 0 aliphatic heterocycles. The van der Waals surface area contributed by atoms with Crippen molar-refractivity contribution in [2.45, 2.75) is 5.88 Å². The zero-order valence-corrected chi connectivity index (χ0v) is 10.6.